The Bertz CT molecular complexity index is 1300. The van der Waals surface area contributed by atoms with Gasteiger partial charge in [0.2, 0.25) is 0 Å². The van der Waals surface area contributed by atoms with Crippen LogP contribution in [0.5, 0.6) is 11.5 Å². The summed E-state index contributed by atoms with van der Waals surface area (Å²) in [7, 11) is 5.06. The first-order valence-electron chi connectivity index (χ1n) is 12.0. The van der Waals surface area contributed by atoms with Gasteiger partial charge in [-0.05, 0) is 19.9 Å². The molecule has 2 aromatic heterocycles. The van der Waals surface area contributed by atoms with Crippen molar-refractivity contribution in [2.75, 3.05) is 47.6 Å². The lowest BCUT2D eigenvalue weighted by Gasteiger charge is -2.26. The number of H-pyrrole nitrogens is 1. The van der Waals surface area contributed by atoms with Crippen molar-refractivity contribution < 1.29 is 19.0 Å². The number of hydrazone groups is 1. The number of aromatic nitrogens is 4. The average molecular weight is 509 g/mol. The highest BCUT2D eigenvalue weighted by atomic mass is 16.5. The minimum atomic E-state index is -0.292. The predicted molar refractivity (Wildman–Crippen MR) is 139 cm³/mol. The summed E-state index contributed by atoms with van der Waals surface area (Å²) in [5, 5.41) is 12.9. The fourth-order valence-electron chi connectivity index (χ4n) is 3.80. The van der Waals surface area contributed by atoms with Crippen molar-refractivity contribution in [1.82, 2.24) is 35.6 Å². The maximum Gasteiger partial charge on any atom is 0.257 e. The molecule has 0 radical (unpaired) electrons. The molecule has 0 aliphatic carbocycles. The van der Waals surface area contributed by atoms with Crippen molar-refractivity contribution >= 4 is 28.2 Å². The van der Waals surface area contributed by atoms with E-state index >= 15 is 0 Å². The van der Waals surface area contributed by atoms with Crippen LogP contribution in [-0.4, -0.2) is 84.1 Å². The number of amides is 1. The molecule has 0 saturated heterocycles. The first-order valence-corrected chi connectivity index (χ1v) is 12.0. The standard InChI is InChI=1S/C25H32N8O4/c1-6-33(3)32-18-14-28-25(34)21(22(18)29-15(2)23-26-8-7-9-27-23)24-30-16-12-19(36-5)20(13-17(16)31-24)37-11-10-35-4/h7-9,12-13,15,29H,6,10-11,14H2,1-5H3,(H,28,34)(H,30,31)/b32-18+/t15-/m0/s1. The van der Waals surface area contributed by atoms with E-state index in [1.54, 1.807) is 44.8 Å². The summed E-state index contributed by atoms with van der Waals surface area (Å²) in [6.45, 7) is 5.71. The second kappa shape index (κ2) is 11.7. The first kappa shape index (κ1) is 25.9. The van der Waals surface area contributed by atoms with Gasteiger partial charge in [-0.3, -0.25) is 9.80 Å². The van der Waals surface area contributed by atoms with E-state index < -0.39 is 0 Å². The SMILES string of the molecule is CCN(C)/N=C1\CNC(=O)C(c2nc3cc(OC)c(OCCOC)cc3[nH]2)=C1N[C@@H](C)c1ncccn1. The highest BCUT2D eigenvalue weighted by Gasteiger charge is 2.31. The summed E-state index contributed by atoms with van der Waals surface area (Å²) in [5.74, 6) is 1.78. The zero-order chi connectivity index (χ0) is 26.4. The zero-order valence-electron chi connectivity index (χ0n) is 21.7. The fraction of sp³-hybridized carbons (Fsp3) is 0.400. The van der Waals surface area contributed by atoms with Crippen LogP contribution < -0.4 is 20.1 Å². The normalized spacial score (nSPS) is 15.6. The van der Waals surface area contributed by atoms with Crippen LogP contribution in [0.4, 0.5) is 0 Å². The van der Waals surface area contributed by atoms with Crippen LogP contribution in [0.2, 0.25) is 0 Å². The van der Waals surface area contributed by atoms with E-state index in [0.717, 1.165) is 0 Å². The maximum absolute atomic E-state index is 13.2. The molecule has 1 aromatic carbocycles. The lowest BCUT2D eigenvalue weighted by molar-refractivity contribution is -0.115. The van der Waals surface area contributed by atoms with Crippen LogP contribution >= 0.6 is 0 Å². The summed E-state index contributed by atoms with van der Waals surface area (Å²) < 4.78 is 16.4. The van der Waals surface area contributed by atoms with E-state index in [1.165, 1.54) is 0 Å². The van der Waals surface area contributed by atoms with Crippen molar-refractivity contribution in [2.45, 2.75) is 19.9 Å². The lowest BCUT2D eigenvalue weighted by Crippen LogP contribution is -2.43. The van der Waals surface area contributed by atoms with Crippen molar-refractivity contribution in [3.63, 3.8) is 0 Å². The molecule has 0 saturated carbocycles. The largest absolute Gasteiger partial charge is 0.493 e. The van der Waals surface area contributed by atoms with Crippen molar-refractivity contribution in [1.29, 1.82) is 0 Å². The number of nitrogens with zero attached hydrogens (tertiary/aromatic N) is 5. The smallest absolute Gasteiger partial charge is 0.257 e. The number of carbonyl (C=O) groups excluding carboxylic acids is 1. The van der Waals surface area contributed by atoms with Crippen molar-refractivity contribution in [2.24, 2.45) is 5.10 Å². The summed E-state index contributed by atoms with van der Waals surface area (Å²) in [6.07, 6.45) is 3.37. The number of nitrogens with one attached hydrogen (secondary N) is 3. The van der Waals surface area contributed by atoms with E-state index in [4.69, 9.17) is 24.3 Å². The van der Waals surface area contributed by atoms with Crippen molar-refractivity contribution in [3.8, 4) is 11.5 Å². The van der Waals surface area contributed by atoms with Gasteiger partial charge < -0.3 is 29.8 Å². The second-order valence-electron chi connectivity index (χ2n) is 8.37. The molecule has 4 rings (SSSR count). The highest BCUT2D eigenvalue weighted by molar-refractivity contribution is 6.29. The van der Waals surface area contributed by atoms with Crippen molar-refractivity contribution in [3.05, 3.63) is 47.9 Å². The van der Waals surface area contributed by atoms with E-state index in [1.807, 2.05) is 25.9 Å². The summed E-state index contributed by atoms with van der Waals surface area (Å²) >= 11 is 0. The van der Waals surface area contributed by atoms with Gasteiger partial charge >= 0.3 is 0 Å². The number of benzene rings is 1. The summed E-state index contributed by atoms with van der Waals surface area (Å²) in [4.78, 5) is 29.9. The highest BCUT2D eigenvalue weighted by Crippen LogP contribution is 2.33. The Kier molecular flexibility index (Phi) is 8.18. The third kappa shape index (κ3) is 5.80. The first-order chi connectivity index (χ1) is 17.9. The number of aromatic amines is 1. The number of imidazole rings is 1. The number of carbonyl (C=O) groups is 1. The number of ether oxygens (including phenoxy) is 3. The van der Waals surface area contributed by atoms with Gasteiger partial charge in [-0.25, -0.2) is 15.0 Å². The molecular formula is C25H32N8O4. The molecule has 0 fully saturated rings. The van der Waals surface area contributed by atoms with Crippen LogP contribution in [0.25, 0.3) is 16.6 Å². The number of hydrogen-bond acceptors (Lipinski definition) is 10. The second-order valence-corrected chi connectivity index (χ2v) is 8.37. The van der Waals surface area contributed by atoms with Gasteiger partial charge in [-0.2, -0.15) is 5.10 Å². The topological polar surface area (TPSA) is 139 Å². The Hall–Kier alpha value is -4.19. The van der Waals surface area contributed by atoms with Gasteiger partial charge in [0.25, 0.3) is 5.91 Å². The molecule has 0 bridgehead atoms. The molecule has 0 unspecified atom stereocenters. The Labute approximate surface area is 215 Å². The molecule has 3 heterocycles. The third-order valence-electron chi connectivity index (χ3n) is 5.81. The monoisotopic (exact) mass is 508 g/mol. The molecule has 1 amide bonds. The van der Waals surface area contributed by atoms with E-state index in [2.05, 4.69) is 25.6 Å². The number of fused-ring (bicyclic) bond motifs is 1. The molecule has 0 spiro atoms. The predicted octanol–water partition coefficient (Wildman–Crippen LogP) is 1.89. The summed E-state index contributed by atoms with van der Waals surface area (Å²) in [5.41, 5.74) is 2.89. The molecule has 1 atom stereocenters. The minimum absolute atomic E-state index is 0.267. The molecule has 12 heteroatoms. The van der Waals surface area contributed by atoms with Crippen LogP contribution in [0.15, 0.2) is 41.4 Å². The van der Waals surface area contributed by atoms with E-state index in [9.17, 15) is 4.79 Å². The van der Waals surface area contributed by atoms with Crippen LogP contribution in [-0.2, 0) is 9.53 Å². The Balaban J connectivity index is 1.81. The third-order valence-corrected chi connectivity index (χ3v) is 5.81. The van der Waals surface area contributed by atoms with Gasteiger partial charge in [-0.1, -0.05) is 0 Å². The molecule has 3 N–H and O–H groups in total. The quantitative estimate of drug-likeness (QED) is 0.262. The molecule has 196 valence electrons. The van der Waals surface area contributed by atoms with Gasteiger partial charge in [-0.15, -0.1) is 0 Å². The number of hydrogen-bond donors (Lipinski definition) is 3. The van der Waals surface area contributed by atoms with Crippen LogP contribution in [0.1, 0.15) is 31.5 Å². The molecule has 1 aliphatic rings. The van der Waals surface area contributed by atoms with Gasteiger partial charge in [0.15, 0.2) is 11.5 Å². The van der Waals surface area contributed by atoms with Gasteiger partial charge in [0, 0.05) is 45.2 Å². The molecule has 12 nitrogen and oxygen atoms in total. The van der Waals surface area contributed by atoms with E-state index in [0.29, 0.717) is 70.9 Å². The molecular weight excluding hydrogens is 476 g/mol. The number of methoxy groups -OCH3 is 2. The molecule has 1 aliphatic heterocycles. The average Bonchev–Trinajstić information content (AvgIpc) is 3.32. The zero-order valence-corrected chi connectivity index (χ0v) is 21.7. The molecule has 37 heavy (non-hydrogen) atoms. The summed E-state index contributed by atoms with van der Waals surface area (Å²) in [6, 6.07) is 5.04. The van der Waals surface area contributed by atoms with Gasteiger partial charge in [0.1, 0.15) is 29.5 Å². The fourth-order valence-corrected chi connectivity index (χ4v) is 3.80. The Morgan fingerprint density at radius 2 is 1.97 bits per heavy atom. The minimum Gasteiger partial charge on any atom is -0.493 e. The van der Waals surface area contributed by atoms with Crippen LogP contribution in [0.3, 0.4) is 0 Å². The Morgan fingerprint density at radius 1 is 1.19 bits per heavy atom. The van der Waals surface area contributed by atoms with E-state index in [-0.39, 0.29) is 18.5 Å². The Morgan fingerprint density at radius 3 is 2.68 bits per heavy atom. The lowest BCUT2D eigenvalue weighted by atomic mass is 10.0. The maximum atomic E-state index is 13.2. The van der Waals surface area contributed by atoms with Gasteiger partial charge in [0.05, 0.1) is 43.0 Å². The van der Waals surface area contributed by atoms with Crippen LogP contribution in [0, 0.1) is 0 Å². The molecule has 3 aromatic rings. The number of rotatable bonds is 11.